The van der Waals surface area contributed by atoms with Gasteiger partial charge in [0.2, 0.25) is 16.9 Å². The van der Waals surface area contributed by atoms with E-state index in [4.69, 9.17) is 4.74 Å². The van der Waals surface area contributed by atoms with Gasteiger partial charge in [-0.05, 0) is 75.8 Å². The van der Waals surface area contributed by atoms with Crippen molar-refractivity contribution in [3.8, 4) is 0 Å². The van der Waals surface area contributed by atoms with Crippen molar-refractivity contribution in [1.82, 2.24) is 20.1 Å². The Kier molecular flexibility index (Phi) is 11.5. The summed E-state index contributed by atoms with van der Waals surface area (Å²) in [5, 5.41) is 18.4. The quantitative estimate of drug-likeness (QED) is 0.147. The number of amides is 3. The van der Waals surface area contributed by atoms with E-state index in [1.54, 1.807) is 0 Å². The van der Waals surface area contributed by atoms with E-state index in [1.165, 1.54) is 11.3 Å². The smallest absolute Gasteiger partial charge is 0.408 e. The Morgan fingerprint density at radius 1 is 0.867 bits per heavy atom. The molecule has 0 aliphatic heterocycles. The Morgan fingerprint density at radius 3 is 2.31 bits per heavy atom. The molecule has 0 aliphatic carbocycles. The van der Waals surface area contributed by atoms with Crippen LogP contribution in [0.1, 0.15) is 74.0 Å². The van der Waals surface area contributed by atoms with Crippen molar-refractivity contribution in [3.63, 3.8) is 0 Å². The van der Waals surface area contributed by atoms with E-state index in [1.807, 2.05) is 106 Å². The first-order chi connectivity index (χ1) is 21.4. The van der Waals surface area contributed by atoms with E-state index >= 15 is 0 Å². The maximum atomic E-state index is 12.7. The summed E-state index contributed by atoms with van der Waals surface area (Å²) >= 11 is 1.38. The van der Waals surface area contributed by atoms with Gasteiger partial charge >= 0.3 is 6.09 Å². The highest BCUT2D eigenvalue weighted by Gasteiger charge is 2.19. The molecule has 2 aromatic heterocycles. The molecular weight excluding hydrogens is 588 g/mol. The molecule has 0 radical (unpaired) electrons. The van der Waals surface area contributed by atoms with Crippen LogP contribution in [0, 0.1) is 0 Å². The third-order valence-corrected chi connectivity index (χ3v) is 7.93. The molecule has 1 unspecified atom stereocenters. The zero-order valence-electron chi connectivity index (χ0n) is 26.6. The molecule has 3 amide bonds. The van der Waals surface area contributed by atoms with E-state index in [0.29, 0.717) is 11.6 Å². The zero-order valence-corrected chi connectivity index (χ0v) is 27.4. The molecule has 0 saturated heterocycles. The lowest BCUT2D eigenvalue weighted by molar-refractivity contribution is -0.116. The Bertz CT molecular complexity index is 1590. The van der Waals surface area contributed by atoms with Crippen molar-refractivity contribution in [2.75, 3.05) is 10.6 Å². The van der Waals surface area contributed by atoms with Crippen LogP contribution in [0.5, 0.6) is 0 Å². The van der Waals surface area contributed by atoms with Gasteiger partial charge in [0, 0.05) is 19.2 Å². The third-order valence-electron chi connectivity index (χ3n) is 7.04. The Hall–Kier alpha value is -4.51. The third kappa shape index (κ3) is 10.9. The maximum absolute atomic E-state index is 12.7. The molecule has 11 heteroatoms. The summed E-state index contributed by atoms with van der Waals surface area (Å²) in [5.41, 5.74) is 3.26. The van der Waals surface area contributed by atoms with Crippen LogP contribution in [-0.4, -0.2) is 38.3 Å². The lowest BCUT2D eigenvalue weighted by Gasteiger charge is -2.22. The molecule has 3 N–H and O–H groups in total. The number of hydrogen-bond donors (Lipinski definition) is 3. The molecule has 0 bridgehead atoms. The highest BCUT2D eigenvalue weighted by Crippen LogP contribution is 2.21. The lowest BCUT2D eigenvalue weighted by Crippen LogP contribution is -2.34. The van der Waals surface area contributed by atoms with Crippen LogP contribution in [0.25, 0.3) is 0 Å². The van der Waals surface area contributed by atoms with Crippen LogP contribution in [0.15, 0.2) is 66.7 Å². The molecular formula is C34H42N6O4S. The predicted octanol–water partition coefficient (Wildman–Crippen LogP) is 6.39. The van der Waals surface area contributed by atoms with Gasteiger partial charge in [-0.3, -0.25) is 9.59 Å². The van der Waals surface area contributed by atoms with Gasteiger partial charge in [-0.2, -0.15) is 0 Å². The molecule has 238 valence electrons. The number of carbonyl (C=O) groups excluding carboxylic acids is 3. The molecule has 2 aromatic carbocycles. The number of carbonyl (C=O) groups is 3. The first-order valence-corrected chi connectivity index (χ1v) is 16.0. The Labute approximate surface area is 268 Å². The summed E-state index contributed by atoms with van der Waals surface area (Å²) < 4.78 is 7.36. The van der Waals surface area contributed by atoms with E-state index in [9.17, 15) is 14.4 Å². The first kappa shape index (κ1) is 33.4. The van der Waals surface area contributed by atoms with Crippen LogP contribution in [0.2, 0.25) is 0 Å². The van der Waals surface area contributed by atoms with Crippen LogP contribution < -0.4 is 16.0 Å². The highest BCUT2D eigenvalue weighted by molar-refractivity contribution is 7.15. The summed E-state index contributed by atoms with van der Waals surface area (Å²) in [6.45, 7) is 7.32. The van der Waals surface area contributed by atoms with Crippen molar-refractivity contribution in [3.05, 3.63) is 94.1 Å². The number of benzene rings is 2. The second kappa shape index (κ2) is 15.5. The van der Waals surface area contributed by atoms with Crippen molar-refractivity contribution in [1.29, 1.82) is 0 Å². The molecule has 10 nitrogen and oxygen atoms in total. The number of rotatable bonds is 13. The average Bonchev–Trinajstić information content (AvgIpc) is 3.56. The van der Waals surface area contributed by atoms with Crippen LogP contribution in [0.3, 0.4) is 0 Å². The monoisotopic (exact) mass is 630 g/mol. The van der Waals surface area contributed by atoms with Gasteiger partial charge < -0.3 is 25.3 Å². The predicted molar refractivity (Wildman–Crippen MR) is 177 cm³/mol. The molecule has 0 spiro atoms. The highest BCUT2D eigenvalue weighted by atomic mass is 32.1. The molecule has 4 aromatic rings. The van der Waals surface area contributed by atoms with E-state index in [2.05, 4.69) is 26.1 Å². The summed E-state index contributed by atoms with van der Waals surface area (Å²) in [6, 6.07) is 21.0. The fourth-order valence-corrected chi connectivity index (χ4v) is 5.57. The summed E-state index contributed by atoms with van der Waals surface area (Å²) in [6.07, 6.45) is 3.54. The van der Waals surface area contributed by atoms with Crippen molar-refractivity contribution in [2.45, 2.75) is 77.9 Å². The molecule has 2 heterocycles. The minimum absolute atomic E-state index is 0.0381. The normalized spacial score (nSPS) is 11.9. The van der Waals surface area contributed by atoms with Crippen LogP contribution >= 0.6 is 11.3 Å². The van der Waals surface area contributed by atoms with Gasteiger partial charge in [0.15, 0.2) is 0 Å². The fraction of sp³-hybridized carbons (Fsp3) is 0.382. The average molecular weight is 631 g/mol. The standard InChI is InChI=1S/C34H42N6O4S/c1-23(35-33(43)44-34(2,3)4)26-15-11-14-25(20-26)22-30(42)37-32-39-38-31(45-32)17-10-9-16-27-18-19-28(40(27)5)36-29(41)21-24-12-7-6-8-13-24/h6-8,11-15,18-20,23H,9-10,16-17,21-22H2,1-5H3,(H,35,43)(H,36,41)(H,37,39,42). The number of ether oxygens (including phenoxy) is 1. The van der Waals surface area contributed by atoms with Gasteiger partial charge in [-0.1, -0.05) is 65.9 Å². The number of nitrogens with zero attached hydrogens (tertiary/aromatic N) is 3. The van der Waals surface area contributed by atoms with Gasteiger partial charge in [-0.25, -0.2) is 4.79 Å². The number of aromatic nitrogens is 3. The number of anilines is 2. The largest absolute Gasteiger partial charge is 0.444 e. The molecule has 0 fully saturated rings. The van der Waals surface area contributed by atoms with E-state index in [0.717, 1.165) is 58.9 Å². The Morgan fingerprint density at radius 2 is 1.56 bits per heavy atom. The van der Waals surface area contributed by atoms with Crippen molar-refractivity contribution >= 4 is 40.2 Å². The number of unbranched alkanes of at least 4 members (excludes halogenated alkanes) is 1. The van der Waals surface area contributed by atoms with Crippen LogP contribution in [-0.2, 0) is 47.1 Å². The SMILES string of the molecule is CC(NC(=O)OC(C)(C)C)c1cccc(CC(=O)Nc2nnc(CCCCc3ccc(NC(=O)Cc4ccccc4)n3C)s2)c1. The second-order valence-electron chi connectivity index (χ2n) is 12.0. The zero-order chi connectivity index (χ0) is 32.4. The topological polar surface area (TPSA) is 127 Å². The maximum Gasteiger partial charge on any atom is 0.408 e. The molecule has 4 rings (SSSR count). The minimum Gasteiger partial charge on any atom is -0.444 e. The second-order valence-corrected chi connectivity index (χ2v) is 13.1. The Balaban J connectivity index is 1.18. The van der Waals surface area contributed by atoms with E-state index in [-0.39, 0.29) is 24.3 Å². The van der Waals surface area contributed by atoms with Gasteiger partial charge in [0.05, 0.1) is 18.9 Å². The van der Waals surface area contributed by atoms with Gasteiger partial charge in [-0.15, -0.1) is 10.2 Å². The molecule has 0 aliphatic rings. The number of nitrogens with one attached hydrogen (secondary N) is 3. The van der Waals surface area contributed by atoms with Gasteiger partial charge in [0.1, 0.15) is 16.4 Å². The fourth-order valence-electron chi connectivity index (χ4n) is 4.77. The lowest BCUT2D eigenvalue weighted by atomic mass is 10.0. The minimum atomic E-state index is -0.578. The molecule has 0 saturated carbocycles. The first-order valence-electron chi connectivity index (χ1n) is 15.1. The van der Waals surface area contributed by atoms with Crippen LogP contribution in [0.4, 0.5) is 15.7 Å². The summed E-state index contributed by atoms with van der Waals surface area (Å²) in [4.78, 5) is 37.3. The van der Waals surface area contributed by atoms with Gasteiger partial charge in [0.25, 0.3) is 0 Å². The van der Waals surface area contributed by atoms with Crippen molar-refractivity contribution in [2.24, 2.45) is 7.05 Å². The molecule has 1 atom stereocenters. The summed E-state index contributed by atoms with van der Waals surface area (Å²) in [7, 11) is 1.96. The number of hydrogen-bond acceptors (Lipinski definition) is 7. The number of alkyl carbamates (subject to hydrolysis) is 1. The van der Waals surface area contributed by atoms with E-state index < -0.39 is 11.7 Å². The molecule has 45 heavy (non-hydrogen) atoms. The van der Waals surface area contributed by atoms with Crippen molar-refractivity contribution < 1.29 is 19.1 Å². The summed E-state index contributed by atoms with van der Waals surface area (Å²) in [5.74, 6) is 0.566. The number of aryl methyl sites for hydroxylation is 2.